The van der Waals surface area contributed by atoms with Crippen molar-refractivity contribution in [3.63, 3.8) is 0 Å². The Hall–Kier alpha value is -1.75. The van der Waals surface area contributed by atoms with Crippen LogP contribution in [0.3, 0.4) is 0 Å². The van der Waals surface area contributed by atoms with Crippen LogP contribution in [-0.4, -0.2) is 15.8 Å². The smallest absolute Gasteiger partial charge is 0.261 e. The number of fused-ring (bicyclic) bond motifs is 2. The average Bonchev–Trinajstić information content (AvgIpc) is 2.49. The standard InChI is InChI=1S/C17H18BrNO3/c1-10(2)22-15-9-13(6-7-14(15)18)19-16(20)11-4-3-5-12(8-11)17(19)21/h6-10,20H,3-5H2,1-2H3. The maximum atomic E-state index is 12.6. The second-order valence-electron chi connectivity index (χ2n) is 5.79. The summed E-state index contributed by atoms with van der Waals surface area (Å²) in [6, 6.07) is 7.23. The summed E-state index contributed by atoms with van der Waals surface area (Å²) in [6.45, 7) is 3.89. The lowest BCUT2D eigenvalue weighted by molar-refractivity contribution is 0.241. The summed E-state index contributed by atoms with van der Waals surface area (Å²) in [7, 11) is 0. The van der Waals surface area contributed by atoms with Gasteiger partial charge in [-0.05, 0) is 67.2 Å². The fourth-order valence-corrected chi connectivity index (χ4v) is 3.11. The van der Waals surface area contributed by atoms with E-state index in [1.54, 1.807) is 12.1 Å². The van der Waals surface area contributed by atoms with Gasteiger partial charge in [-0.15, -0.1) is 0 Å². The van der Waals surface area contributed by atoms with Crippen molar-refractivity contribution in [2.75, 3.05) is 0 Å². The fraction of sp³-hybridized carbons (Fsp3) is 0.353. The van der Waals surface area contributed by atoms with Gasteiger partial charge in [0.2, 0.25) is 5.88 Å². The minimum Gasteiger partial charge on any atom is -0.494 e. The van der Waals surface area contributed by atoms with E-state index in [1.807, 2.05) is 26.0 Å². The van der Waals surface area contributed by atoms with Crippen LogP contribution in [0.25, 0.3) is 5.69 Å². The first-order chi connectivity index (χ1) is 10.5. The van der Waals surface area contributed by atoms with Gasteiger partial charge in [0, 0.05) is 17.2 Å². The summed E-state index contributed by atoms with van der Waals surface area (Å²) in [4.78, 5) is 12.6. The number of hydrogen-bond acceptors (Lipinski definition) is 3. The molecule has 3 rings (SSSR count). The molecule has 0 spiro atoms. The molecule has 4 nitrogen and oxygen atoms in total. The molecule has 1 heterocycles. The first kappa shape index (κ1) is 15.2. The van der Waals surface area contributed by atoms with Crippen molar-refractivity contribution in [3.05, 3.63) is 50.2 Å². The average molecular weight is 364 g/mol. The number of aromatic nitrogens is 1. The number of rotatable bonds is 3. The highest BCUT2D eigenvalue weighted by Gasteiger charge is 2.19. The molecule has 0 amide bonds. The summed E-state index contributed by atoms with van der Waals surface area (Å²) in [6.07, 6.45) is 2.49. The third kappa shape index (κ3) is 2.65. The molecule has 0 saturated heterocycles. The predicted octanol–water partition coefficient (Wildman–Crippen LogP) is 3.58. The van der Waals surface area contributed by atoms with Crippen LogP contribution in [0.5, 0.6) is 11.6 Å². The number of pyridine rings is 1. The summed E-state index contributed by atoms with van der Waals surface area (Å²) >= 11 is 3.45. The van der Waals surface area contributed by atoms with Crippen molar-refractivity contribution in [1.29, 1.82) is 0 Å². The molecule has 5 heteroatoms. The van der Waals surface area contributed by atoms with E-state index in [4.69, 9.17) is 4.74 Å². The number of aromatic hydroxyl groups is 1. The van der Waals surface area contributed by atoms with Crippen molar-refractivity contribution in [2.24, 2.45) is 0 Å². The molecular weight excluding hydrogens is 346 g/mol. The maximum absolute atomic E-state index is 12.6. The lowest BCUT2D eigenvalue weighted by Crippen LogP contribution is -2.25. The SMILES string of the molecule is CC(C)Oc1cc(-n2c(O)c3cc(c2=O)CCC3)ccc1Br. The molecule has 0 atom stereocenters. The van der Waals surface area contributed by atoms with E-state index in [1.165, 1.54) is 4.57 Å². The topological polar surface area (TPSA) is 51.5 Å². The first-order valence-electron chi connectivity index (χ1n) is 7.40. The van der Waals surface area contributed by atoms with Gasteiger partial charge in [-0.3, -0.25) is 4.79 Å². The molecular formula is C17H18BrNO3. The maximum Gasteiger partial charge on any atom is 0.261 e. The van der Waals surface area contributed by atoms with Crippen molar-refractivity contribution in [2.45, 2.75) is 39.2 Å². The van der Waals surface area contributed by atoms with E-state index in [0.717, 1.165) is 34.9 Å². The highest BCUT2D eigenvalue weighted by Crippen LogP contribution is 2.31. The monoisotopic (exact) mass is 363 g/mol. The van der Waals surface area contributed by atoms with E-state index in [2.05, 4.69) is 15.9 Å². The summed E-state index contributed by atoms with van der Waals surface area (Å²) in [5.74, 6) is 0.689. The predicted molar refractivity (Wildman–Crippen MR) is 89.2 cm³/mol. The molecule has 0 fully saturated rings. The molecule has 0 aliphatic heterocycles. The molecule has 1 aromatic heterocycles. The molecule has 22 heavy (non-hydrogen) atoms. The Morgan fingerprint density at radius 2 is 1.95 bits per heavy atom. The van der Waals surface area contributed by atoms with Crippen LogP contribution in [-0.2, 0) is 12.8 Å². The Kier molecular flexibility index (Phi) is 4.00. The largest absolute Gasteiger partial charge is 0.494 e. The number of ether oxygens (including phenoxy) is 1. The van der Waals surface area contributed by atoms with Gasteiger partial charge in [0.1, 0.15) is 5.75 Å². The van der Waals surface area contributed by atoms with Gasteiger partial charge in [-0.25, -0.2) is 4.57 Å². The van der Waals surface area contributed by atoms with Crippen LogP contribution in [0.2, 0.25) is 0 Å². The zero-order valence-corrected chi connectivity index (χ0v) is 14.2. The van der Waals surface area contributed by atoms with Gasteiger partial charge in [-0.1, -0.05) is 0 Å². The van der Waals surface area contributed by atoms with Crippen LogP contribution in [0.1, 0.15) is 31.4 Å². The van der Waals surface area contributed by atoms with Gasteiger partial charge in [0.15, 0.2) is 0 Å². The number of benzene rings is 1. The minimum absolute atomic E-state index is 0.0256. The zero-order valence-electron chi connectivity index (χ0n) is 12.6. The molecule has 2 aromatic rings. The Morgan fingerprint density at radius 1 is 1.23 bits per heavy atom. The van der Waals surface area contributed by atoms with Crippen molar-refractivity contribution in [1.82, 2.24) is 4.57 Å². The lowest BCUT2D eigenvalue weighted by Gasteiger charge is -2.19. The third-order valence-electron chi connectivity index (χ3n) is 3.75. The van der Waals surface area contributed by atoms with Gasteiger partial charge in [0.25, 0.3) is 5.56 Å². The Labute approximate surface area is 137 Å². The molecule has 0 unspecified atom stereocenters. The minimum atomic E-state index is -0.154. The van der Waals surface area contributed by atoms with Crippen LogP contribution in [0.4, 0.5) is 0 Å². The fourth-order valence-electron chi connectivity index (χ4n) is 2.77. The van der Waals surface area contributed by atoms with E-state index < -0.39 is 0 Å². The molecule has 1 aliphatic carbocycles. The molecule has 1 aromatic carbocycles. The van der Waals surface area contributed by atoms with E-state index in [9.17, 15) is 9.90 Å². The summed E-state index contributed by atoms with van der Waals surface area (Å²) < 4.78 is 7.94. The van der Waals surface area contributed by atoms with Crippen molar-refractivity contribution >= 4 is 15.9 Å². The number of hydrogen-bond donors (Lipinski definition) is 1. The van der Waals surface area contributed by atoms with Crippen molar-refractivity contribution < 1.29 is 9.84 Å². The Bertz CT molecular complexity index is 780. The van der Waals surface area contributed by atoms with Gasteiger partial charge in [0.05, 0.1) is 16.3 Å². The first-order valence-corrected chi connectivity index (χ1v) is 8.20. The molecule has 0 saturated carbocycles. The summed E-state index contributed by atoms with van der Waals surface area (Å²) in [5, 5.41) is 10.4. The molecule has 116 valence electrons. The normalized spacial score (nSPS) is 13.5. The number of nitrogens with zero attached hydrogens (tertiary/aromatic N) is 1. The Balaban J connectivity index is 2.17. The second kappa shape index (κ2) is 5.80. The third-order valence-corrected chi connectivity index (χ3v) is 4.41. The van der Waals surface area contributed by atoms with E-state index in [0.29, 0.717) is 11.4 Å². The molecule has 1 aliphatic rings. The second-order valence-corrected chi connectivity index (χ2v) is 6.65. The molecule has 0 radical (unpaired) electrons. The van der Waals surface area contributed by atoms with Crippen LogP contribution in [0.15, 0.2) is 33.5 Å². The summed E-state index contributed by atoms with van der Waals surface area (Å²) in [5.41, 5.74) is 2.05. The molecule has 2 bridgehead atoms. The Morgan fingerprint density at radius 3 is 2.68 bits per heavy atom. The lowest BCUT2D eigenvalue weighted by atomic mass is 9.97. The van der Waals surface area contributed by atoms with Crippen molar-refractivity contribution in [3.8, 4) is 17.3 Å². The van der Waals surface area contributed by atoms with Gasteiger partial charge in [-0.2, -0.15) is 0 Å². The number of aryl methyl sites for hydroxylation is 2. The molecule has 1 N–H and O–H groups in total. The van der Waals surface area contributed by atoms with E-state index >= 15 is 0 Å². The van der Waals surface area contributed by atoms with Crippen LogP contribution < -0.4 is 10.3 Å². The van der Waals surface area contributed by atoms with Crippen LogP contribution in [0, 0.1) is 0 Å². The van der Waals surface area contributed by atoms with E-state index in [-0.39, 0.29) is 17.5 Å². The highest BCUT2D eigenvalue weighted by atomic mass is 79.9. The van der Waals surface area contributed by atoms with Gasteiger partial charge < -0.3 is 9.84 Å². The quantitative estimate of drug-likeness (QED) is 0.906. The highest BCUT2D eigenvalue weighted by molar-refractivity contribution is 9.10. The van der Waals surface area contributed by atoms with Gasteiger partial charge >= 0.3 is 0 Å². The number of halogens is 1. The zero-order chi connectivity index (χ0) is 15.9. The van der Waals surface area contributed by atoms with Crippen LogP contribution >= 0.6 is 15.9 Å².